The molecular formula is C14H22N4O3. The smallest absolute Gasteiger partial charge is 0.240 e. The number of carbonyl (C=O) groups excluding carboxylic acids is 1. The van der Waals surface area contributed by atoms with Gasteiger partial charge in [-0.1, -0.05) is 5.16 Å². The van der Waals surface area contributed by atoms with Crippen LogP contribution in [-0.2, 0) is 22.7 Å². The quantitative estimate of drug-likeness (QED) is 0.812. The van der Waals surface area contributed by atoms with Gasteiger partial charge in [-0.3, -0.25) is 9.69 Å². The number of piperidine rings is 1. The molecule has 2 bridgehead atoms. The fourth-order valence-corrected chi connectivity index (χ4v) is 3.35. The topological polar surface area (TPSA) is 71.7 Å². The number of nitrogens with zero attached hydrogens (tertiary/aromatic N) is 4. The first-order valence-corrected chi connectivity index (χ1v) is 7.45. The summed E-state index contributed by atoms with van der Waals surface area (Å²) < 4.78 is 10.3. The third-order valence-electron chi connectivity index (χ3n) is 4.39. The lowest BCUT2D eigenvalue weighted by atomic mass is 9.95. The van der Waals surface area contributed by atoms with Gasteiger partial charge >= 0.3 is 0 Å². The van der Waals surface area contributed by atoms with Crippen LogP contribution in [0.5, 0.6) is 0 Å². The summed E-state index contributed by atoms with van der Waals surface area (Å²) in [6.45, 7) is 5.36. The van der Waals surface area contributed by atoms with E-state index in [2.05, 4.69) is 15.0 Å². The SMILES string of the molecule is COCc1noc(CN2C[C@@H]3CC[C@H]2CN(C(C)=O)C3)n1. The summed E-state index contributed by atoms with van der Waals surface area (Å²) in [5, 5.41) is 3.90. The van der Waals surface area contributed by atoms with E-state index in [1.807, 2.05) is 4.90 Å². The lowest BCUT2D eigenvalue weighted by Crippen LogP contribution is -2.43. The molecular weight excluding hydrogens is 272 g/mol. The van der Waals surface area contributed by atoms with Crippen molar-refractivity contribution in [3.05, 3.63) is 11.7 Å². The van der Waals surface area contributed by atoms with Gasteiger partial charge in [0.2, 0.25) is 11.8 Å². The zero-order valence-electron chi connectivity index (χ0n) is 12.6. The second kappa shape index (κ2) is 6.11. The number of carbonyl (C=O) groups is 1. The molecule has 1 aromatic rings. The average Bonchev–Trinajstić information content (AvgIpc) is 2.70. The first-order chi connectivity index (χ1) is 10.2. The molecule has 1 aromatic heterocycles. The zero-order valence-corrected chi connectivity index (χ0v) is 12.6. The Kier molecular flexibility index (Phi) is 4.21. The van der Waals surface area contributed by atoms with Crippen molar-refractivity contribution >= 4 is 5.91 Å². The Morgan fingerprint density at radius 3 is 3.00 bits per heavy atom. The van der Waals surface area contributed by atoms with Crippen LogP contribution in [0, 0.1) is 5.92 Å². The van der Waals surface area contributed by atoms with E-state index in [0.717, 1.165) is 26.1 Å². The molecule has 0 aliphatic carbocycles. The minimum atomic E-state index is 0.175. The third-order valence-corrected chi connectivity index (χ3v) is 4.39. The van der Waals surface area contributed by atoms with Crippen molar-refractivity contribution in [2.75, 3.05) is 26.7 Å². The van der Waals surface area contributed by atoms with E-state index in [4.69, 9.17) is 9.26 Å². The molecule has 0 N–H and O–H groups in total. The summed E-state index contributed by atoms with van der Waals surface area (Å²) in [6, 6.07) is 0.394. The second-order valence-corrected chi connectivity index (χ2v) is 5.99. The molecule has 4 heterocycles. The van der Waals surface area contributed by atoms with E-state index < -0.39 is 0 Å². The van der Waals surface area contributed by atoms with Gasteiger partial charge in [-0.2, -0.15) is 4.98 Å². The maximum atomic E-state index is 11.7. The predicted octanol–water partition coefficient (Wildman–Crippen LogP) is 0.659. The van der Waals surface area contributed by atoms with Crippen molar-refractivity contribution < 1.29 is 14.1 Å². The van der Waals surface area contributed by atoms with Crippen molar-refractivity contribution in [1.82, 2.24) is 19.9 Å². The van der Waals surface area contributed by atoms with E-state index in [9.17, 15) is 4.79 Å². The highest BCUT2D eigenvalue weighted by atomic mass is 16.5. The summed E-state index contributed by atoms with van der Waals surface area (Å²) in [4.78, 5) is 20.4. The number of hydrogen-bond donors (Lipinski definition) is 0. The van der Waals surface area contributed by atoms with E-state index in [-0.39, 0.29) is 5.91 Å². The van der Waals surface area contributed by atoms with Crippen molar-refractivity contribution in [1.29, 1.82) is 0 Å². The molecule has 3 aliphatic rings. The minimum absolute atomic E-state index is 0.175. The van der Waals surface area contributed by atoms with Gasteiger partial charge in [0.25, 0.3) is 0 Å². The van der Waals surface area contributed by atoms with Gasteiger partial charge in [-0.25, -0.2) is 0 Å². The molecule has 21 heavy (non-hydrogen) atoms. The maximum Gasteiger partial charge on any atom is 0.240 e. The van der Waals surface area contributed by atoms with Gasteiger partial charge in [0, 0.05) is 39.7 Å². The number of rotatable bonds is 4. The van der Waals surface area contributed by atoms with E-state index >= 15 is 0 Å². The molecule has 0 unspecified atom stereocenters. The monoisotopic (exact) mass is 294 g/mol. The van der Waals surface area contributed by atoms with Crippen molar-refractivity contribution in [3.8, 4) is 0 Å². The van der Waals surface area contributed by atoms with Crippen LogP contribution in [0.3, 0.4) is 0 Å². The highest BCUT2D eigenvalue weighted by molar-refractivity contribution is 5.73. The highest BCUT2D eigenvalue weighted by Gasteiger charge is 2.36. The Bertz CT molecular complexity index is 504. The average molecular weight is 294 g/mol. The fourth-order valence-electron chi connectivity index (χ4n) is 3.35. The summed E-state index contributed by atoms with van der Waals surface area (Å²) >= 11 is 0. The minimum Gasteiger partial charge on any atom is -0.377 e. The number of fused-ring (bicyclic) bond motifs is 4. The van der Waals surface area contributed by atoms with Crippen molar-refractivity contribution in [2.24, 2.45) is 5.92 Å². The largest absolute Gasteiger partial charge is 0.377 e. The van der Waals surface area contributed by atoms with E-state index in [0.29, 0.717) is 36.8 Å². The normalized spacial score (nSPS) is 26.1. The standard InChI is InChI=1S/C14H22N4O3/c1-10(19)17-5-11-3-4-12(7-17)18(6-11)8-14-15-13(9-20-2)16-21-14/h11-12H,3-9H2,1-2H3/t11-,12+/m1/s1. The first-order valence-electron chi connectivity index (χ1n) is 7.45. The third kappa shape index (κ3) is 3.24. The van der Waals surface area contributed by atoms with Crippen LogP contribution >= 0.6 is 0 Å². The van der Waals surface area contributed by atoms with E-state index in [1.165, 1.54) is 6.42 Å². The van der Waals surface area contributed by atoms with Crippen molar-refractivity contribution in [3.63, 3.8) is 0 Å². The van der Waals surface area contributed by atoms with Gasteiger partial charge in [-0.15, -0.1) is 0 Å². The van der Waals surface area contributed by atoms with Crippen LogP contribution in [0.4, 0.5) is 0 Å². The lowest BCUT2D eigenvalue weighted by Gasteiger charge is -2.34. The van der Waals surface area contributed by atoms with Crippen LogP contribution in [0.2, 0.25) is 0 Å². The van der Waals surface area contributed by atoms with Crippen LogP contribution in [0.25, 0.3) is 0 Å². The molecule has 3 saturated heterocycles. The molecule has 116 valence electrons. The predicted molar refractivity (Wildman–Crippen MR) is 74.2 cm³/mol. The van der Waals surface area contributed by atoms with Crippen LogP contribution in [0.1, 0.15) is 31.5 Å². The molecule has 1 amide bonds. The van der Waals surface area contributed by atoms with Crippen molar-refractivity contribution in [2.45, 2.75) is 39.0 Å². The molecule has 2 atom stereocenters. The molecule has 0 radical (unpaired) electrons. The Labute approximate surface area is 124 Å². The fraction of sp³-hybridized carbons (Fsp3) is 0.786. The Balaban J connectivity index is 1.67. The number of ether oxygens (including phenoxy) is 1. The zero-order chi connectivity index (χ0) is 14.8. The van der Waals surface area contributed by atoms with Crippen LogP contribution in [0.15, 0.2) is 4.52 Å². The molecule has 3 aliphatic heterocycles. The molecule has 4 rings (SSSR count). The Hall–Kier alpha value is -1.47. The highest BCUT2D eigenvalue weighted by Crippen LogP contribution is 2.29. The van der Waals surface area contributed by atoms with Crippen LogP contribution < -0.4 is 0 Å². The van der Waals surface area contributed by atoms with Gasteiger partial charge < -0.3 is 14.2 Å². The van der Waals surface area contributed by atoms with Gasteiger partial charge in [0.1, 0.15) is 6.61 Å². The molecule has 3 fully saturated rings. The Morgan fingerprint density at radius 2 is 2.24 bits per heavy atom. The van der Waals surface area contributed by atoms with Gasteiger partial charge in [0.15, 0.2) is 5.82 Å². The molecule has 0 aromatic carbocycles. The summed E-state index contributed by atoms with van der Waals surface area (Å²) in [5.41, 5.74) is 0. The number of amides is 1. The maximum absolute atomic E-state index is 11.7. The van der Waals surface area contributed by atoms with E-state index in [1.54, 1.807) is 14.0 Å². The second-order valence-electron chi connectivity index (χ2n) is 5.99. The molecule has 7 nitrogen and oxygen atoms in total. The number of hydrogen-bond acceptors (Lipinski definition) is 6. The van der Waals surface area contributed by atoms with Crippen LogP contribution in [-0.4, -0.2) is 58.6 Å². The Morgan fingerprint density at radius 1 is 1.38 bits per heavy atom. The van der Waals surface area contributed by atoms with Gasteiger partial charge in [-0.05, 0) is 18.8 Å². The number of aromatic nitrogens is 2. The summed E-state index contributed by atoms with van der Waals surface area (Å²) in [5.74, 6) is 1.93. The summed E-state index contributed by atoms with van der Waals surface area (Å²) in [7, 11) is 1.61. The van der Waals surface area contributed by atoms with Gasteiger partial charge in [0.05, 0.1) is 6.54 Å². The lowest BCUT2D eigenvalue weighted by molar-refractivity contribution is -0.129. The number of methoxy groups -OCH3 is 1. The molecule has 0 spiro atoms. The molecule has 0 saturated carbocycles. The first kappa shape index (κ1) is 14.5. The molecule has 7 heteroatoms. The summed E-state index contributed by atoms with van der Waals surface area (Å²) in [6.07, 6.45) is 2.33.